The topological polar surface area (TPSA) is 59.4 Å². The van der Waals surface area contributed by atoms with Crippen LogP contribution >= 0.6 is 0 Å². The summed E-state index contributed by atoms with van der Waals surface area (Å²) in [5.74, 6) is -0.0920. The zero-order chi connectivity index (χ0) is 14.8. The van der Waals surface area contributed by atoms with Gasteiger partial charge in [-0.3, -0.25) is 14.4 Å². The van der Waals surface area contributed by atoms with Crippen molar-refractivity contribution in [2.75, 3.05) is 26.2 Å². The van der Waals surface area contributed by atoms with Gasteiger partial charge >= 0.3 is 0 Å². The molecule has 3 rings (SSSR count). The first-order valence-corrected chi connectivity index (χ1v) is 7.83. The van der Waals surface area contributed by atoms with Gasteiger partial charge in [0.1, 0.15) is 5.69 Å². The van der Waals surface area contributed by atoms with Gasteiger partial charge in [0.25, 0.3) is 5.91 Å². The SMILES string of the molecule is CC(C)n1ccc(C(=O)NCCN2C[C@H]3CC[C@@H](C2)O3)n1. The van der Waals surface area contributed by atoms with E-state index in [1.807, 2.05) is 20.0 Å². The van der Waals surface area contributed by atoms with E-state index in [0.29, 0.717) is 24.4 Å². The molecule has 0 saturated carbocycles. The molecule has 2 saturated heterocycles. The summed E-state index contributed by atoms with van der Waals surface area (Å²) in [5, 5.41) is 7.23. The molecule has 6 heteroatoms. The fraction of sp³-hybridized carbons (Fsp3) is 0.733. The minimum Gasteiger partial charge on any atom is -0.372 e. The van der Waals surface area contributed by atoms with Crippen molar-refractivity contribution in [1.29, 1.82) is 0 Å². The van der Waals surface area contributed by atoms with Gasteiger partial charge in [0.15, 0.2) is 0 Å². The minimum absolute atomic E-state index is 0.0920. The van der Waals surface area contributed by atoms with Crippen molar-refractivity contribution in [3.8, 4) is 0 Å². The largest absolute Gasteiger partial charge is 0.372 e. The summed E-state index contributed by atoms with van der Waals surface area (Å²) < 4.78 is 7.61. The zero-order valence-corrected chi connectivity index (χ0v) is 12.8. The number of likely N-dealkylation sites (tertiary alicyclic amines) is 1. The van der Waals surface area contributed by atoms with Gasteiger partial charge in [-0.15, -0.1) is 0 Å². The van der Waals surface area contributed by atoms with Crippen molar-refractivity contribution >= 4 is 5.91 Å². The molecule has 2 fully saturated rings. The number of fused-ring (bicyclic) bond motifs is 2. The number of hydrogen-bond donors (Lipinski definition) is 1. The summed E-state index contributed by atoms with van der Waals surface area (Å²) in [7, 11) is 0. The van der Waals surface area contributed by atoms with E-state index < -0.39 is 0 Å². The summed E-state index contributed by atoms with van der Waals surface area (Å²) >= 11 is 0. The fourth-order valence-electron chi connectivity index (χ4n) is 3.05. The van der Waals surface area contributed by atoms with Gasteiger partial charge in [0.2, 0.25) is 0 Å². The van der Waals surface area contributed by atoms with Gasteiger partial charge in [0.05, 0.1) is 12.2 Å². The fourth-order valence-corrected chi connectivity index (χ4v) is 3.05. The second-order valence-corrected chi connectivity index (χ2v) is 6.25. The lowest BCUT2D eigenvalue weighted by molar-refractivity contribution is -0.0375. The van der Waals surface area contributed by atoms with Gasteiger partial charge in [-0.1, -0.05) is 0 Å². The third-order valence-corrected chi connectivity index (χ3v) is 4.20. The highest BCUT2D eigenvalue weighted by molar-refractivity contribution is 5.92. The maximum atomic E-state index is 12.0. The molecule has 21 heavy (non-hydrogen) atoms. The molecular formula is C15H24N4O2. The van der Waals surface area contributed by atoms with Crippen LogP contribution in [0.25, 0.3) is 0 Å². The van der Waals surface area contributed by atoms with Gasteiger partial charge in [-0.25, -0.2) is 0 Å². The summed E-state index contributed by atoms with van der Waals surface area (Å²) in [4.78, 5) is 14.4. The number of carbonyl (C=O) groups excluding carboxylic acids is 1. The van der Waals surface area contributed by atoms with Crippen LogP contribution in [-0.2, 0) is 4.74 Å². The first-order chi connectivity index (χ1) is 10.1. The Hall–Kier alpha value is -1.40. The lowest BCUT2D eigenvalue weighted by atomic mass is 10.2. The average molecular weight is 292 g/mol. The average Bonchev–Trinajstić information content (AvgIpc) is 3.06. The van der Waals surface area contributed by atoms with E-state index in [2.05, 4.69) is 15.3 Å². The highest BCUT2D eigenvalue weighted by Crippen LogP contribution is 2.25. The van der Waals surface area contributed by atoms with Crippen molar-refractivity contribution in [3.05, 3.63) is 18.0 Å². The summed E-state index contributed by atoms with van der Waals surface area (Å²) in [6.45, 7) is 7.62. The van der Waals surface area contributed by atoms with E-state index in [9.17, 15) is 4.79 Å². The zero-order valence-electron chi connectivity index (χ0n) is 12.8. The molecular weight excluding hydrogens is 268 g/mol. The number of ether oxygens (including phenoxy) is 1. The van der Waals surface area contributed by atoms with E-state index in [1.54, 1.807) is 10.7 Å². The Balaban J connectivity index is 1.43. The molecule has 3 heterocycles. The number of aromatic nitrogens is 2. The number of hydrogen-bond acceptors (Lipinski definition) is 4. The Morgan fingerprint density at radius 1 is 1.43 bits per heavy atom. The standard InChI is InChI=1S/C15H24N4O2/c1-11(2)19-7-5-14(17-19)15(20)16-6-8-18-9-12-3-4-13(10-18)21-12/h5,7,11-13H,3-4,6,8-10H2,1-2H3,(H,16,20)/t12-,13+. The molecule has 0 spiro atoms. The van der Waals surface area contributed by atoms with Crippen molar-refractivity contribution in [2.45, 2.75) is 44.9 Å². The van der Waals surface area contributed by atoms with Crippen LogP contribution in [0.4, 0.5) is 0 Å². The van der Waals surface area contributed by atoms with E-state index >= 15 is 0 Å². The third-order valence-electron chi connectivity index (χ3n) is 4.20. The summed E-state index contributed by atoms with van der Waals surface area (Å²) in [6.07, 6.45) is 5.02. The van der Waals surface area contributed by atoms with Crippen LogP contribution in [-0.4, -0.2) is 59.0 Å². The quantitative estimate of drug-likeness (QED) is 0.881. The Kier molecular flexibility index (Phi) is 4.26. The second kappa shape index (κ2) is 6.15. The molecule has 2 atom stereocenters. The monoisotopic (exact) mass is 292 g/mol. The van der Waals surface area contributed by atoms with Crippen molar-refractivity contribution in [2.24, 2.45) is 0 Å². The molecule has 2 aliphatic rings. The molecule has 6 nitrogen and oxygen atoms in total. The molecule has 0 aromatic carbocycles. The van der Waals surface area contributed by atoms with E-state index in [1.165, 1.54) is 12.8 Å². The molecule has 2 aliphatic heterocycles. The number of rotatable bonds is 5. The molecule has 1 aromatic heterocycles. The van der Waals surface area contributed by atoms with Crippen LogP contribution in [0.5, 0.6) is 0 Å². The smallest absolute Gasteiger partial charge is 0.271 e. The molecule has 1 amide bonds. The molecule has 0 aliphatic carbocycles. The normalized spacial score (nSPS) is 25.5. The Morgan fingerprint density at radius 2 is 2.14 bits per heavy atom. The Bertz CT molecular complexity index is 488. The van der Waals surface area contributed by atoms with Crippen molar-refractivity contribution < 1.29 is 9.53 Å². The number of nitrogens with one attached hydrogen (secondary N) is 1. The number of carbonyl (C=O) groups is 1. The van der Waals surface area contributed by atoms with Crippen molar-refractivity contribution in [3.63, 3.8) is 0 Å². The van der Waals surface area contributed by atoms with Crippen LogP contribution in [0.2, 0.25) is 0 Å². The first kappa shape index (κ1) is 14.5. The van der Waals surface area contributed by atoms with Crippen LogP contribution < -0.4 is 5.32 Å². The molecule has 2 bridgehead atoms. The molecule has 0 radical (unpaired) electrons. The van der Waals surface area contributed by atoms with Gasteiger partial charge in [0, 0.05) is 38.4 Å². The summed E-state index contributed by atoms with van der Waals surface area (Å²) in [5.41, 5.74) is 0.491. The maximum Gasteiger partial charge on any atom is 0.271 e. The predicted molar refractivity (Wildman–Crippen MR) is 79.3 cm³/mol. The lowest BCUT2D eigenvalue weighted by Crippen LogP contribution is -2.45. The molecule has 1 N–H and O–H groups in total. The van der Waals surface area contributed by atoms with Crippen LogP contribution in [0.3, 0.4) is 0 Å². The van der Waals surface area contributed by atoms with E-state index in [0.717, 1.165) is 19.6 Å². The maximum absolute atomic E-state index is 12.0. The lowest BCUT2D eigenvalue weighted by Gasteiger charge is -2.31. The Labute approximate surface area is 125 Å². The second-order valence-electron chi connectivity index (χ2n) is 6.25. The number of morpholine rings is 1. The number of nitrogens with zero attached hydrogens (tertiary/aromatic N) is 3. The predicted octanol–water partition coefficient (Wildman–Crippen LogP) is 1.06. The highest BCUT2D eigenvalue weighted by atomic mass is 16.5. The van der Waals surface area contributed by atoms with Gasteiger partial charge < -0.3 is 10.1 Å². The summed E-state index contributed by atoms with van der Waals surface area (Å²) in [6, 6.07) is 2.04. The van der Waals surface area contributed by atoms with Gasteiger partial charge in [-0.2, -0.15) is 5.10 Å². The minimum atomic E-state index is -0.0920. The van der Waals surface area contributed by atoms with Gasteiger partial charge in [-0.05, 0) is 32.8 Å². The first-order valence-electron chi connectivity index (χ1n) is 7.83. The molecule has 1 aromatic rings. The Morgan fingerprint density at radius 3 is 2.76 bits per heavy atom. The van der Waals surface area contributed by atoms with Crippen LogP contribution in [0.1, 0.15) is 43.2 Å². The van der Waals surface area contributed by atoms with E-state index in [4.69, 9.17) is 4.74 Å². The number of amides is 1. The highest BCUT2D eigenvalue weighted by Gasteiger charge is 2.33. The molecule has 0 unspecified atom stereocenters. The third kappa shape index (κ3) is 3.44. The molecule has 116 valence electrons. The van der Waals surface area contributed by atoms with Crippen LogP contribution in [0, 0.1) is 0 Å². The van der Waals surface area contributed by atoms with E-state index in [-0.39, 0.29) is 11.9 Å². The van der Waals surface area contributed by atoms with Crippen LogP contribution in [0.15, 0.2) is 12.3 Å². The van der Waals surface area contributed by atoms with Crippen molar-refractivity contribution in [1.82, 2.24) is 20.0 Å².